The highest BCUT2D eigenvalue weighted by molar-refractivity contribution is 7.80. The highest BCUT2D eigenvalue weighted by Gasteiger charge is 2.20. The van der Waals surface area contributed by atoms with E-state index in [1.807, 2.05) is 6.07 Å². The van der Waals surface area contributed by atoms with E-state index >= 15 is 0 Å². The molecule has 2 rings (SSSR count). The summed E-state index contributed by atoms with van der Waals surface area (Å²) in [5.41, 5.74) is 1.34. The summed E-state index contributed by atoms with van der Waals surface area (Å²) in [5, 5.41) is 0. The van der Waals surface area contributed by atoms with Crippen molar-refractivity contribution in [2.24, 2.45) is 5.92 Å². The summed E-state index contributed by atoms with van der Waals surface area (Å²) >= 11 is 4.40. The Morgan fingerprint density at radius 1 is 1.25 bits per heavy atom. The molecule has 2 heteroatoms. The van der Waals surface area contributed by atoms with Gasteiger partial charge in [0.2, 0.25) is 0 Å². The average Bonchev–Trinajstić information content (AvgIpc) is 3.14. The summed E-state index contributed by atoms with van der Waals surface area (Å²) in [7, 11) is 0. The molecule has 1 aliphatic carbocycles. The van der Waals surface area contributed by atoms with Crippen molar-refractivity contribution in [2.75, 3.05) is 19.0 Å². The molecule has 0 saturated heterocycles. The minimum absolute atomic E-state index is 0.434. The molecule has 0 heterocycles. The zero-order valence-corrected chi connectivity index (χ0v) is 10.5. The van der Waals surface area contributed by atoms with Gasteiger partial charge >= 0.3 is 0 Å². The molecule has 0 bridgehead atoms. The number of hydrogen-bond acceptors (Lipinski definition) is 2. The van der Waals surface area contributed by atoms with Crippen molar-refractivity contribution in [3.63, 3.8) is 0 Å². The van der Waals surface area contributed by atoms with Crippen LogP contribution in [-0.2, 0) is 4.74 Å². The van der Waals surface area contributed by atoms with Crippen LogP contribution in [0.4, 0.5) is 0 Å². The predicted molar refractivity (Wildman–Crippen MR) is 71.2 cm³/mol. The van der Waals surface area contributed by atoms with Crippen molar-refractivity contribution in [1.29, 1.82) is 0 Å². The van der Waals surface area contributed by atoms with Gasteiger partial charge in [-0.1, -0.05) is 43.2 Å². The van der Waals surface area contributed by atoms with Crippen LogP contribution >= 0.6 is 12.6 Å². The minimum atomic E-state index is 0.434. The first-order valence-corrected chi connectivity index (χ1v) is 6.77. The molecular formula is C14H20OS. The highest BCUT2D eigenvalue weighted by atomic mass is 32.1. The van der Waals surface area contributed by atoms with E-state index in [0.29, 0.717) is 5.92 Å². The maximum absolute atomic E-state index is 5.74. The normalized spacial score (nSPS) is 17.3. The van der Waals surface area contributed by atoms with Crippen molar-refractivity contribution in [1.82, 2.24) is 0 Å². The van der Waals surface area contributed by atoms with Gasteiger partial charge in [-0.05, 0) is 23.7 Å². The lowest BCUT2D eigenvalue weighted by atomic mass is 10.0. The van der Waals surface area contributed by atoms with Gasteiger partial charge in [-0.25, -0.2) is 0 Å². The fourth-order valence-electron chi connectivity index (χ4n) is 1.86. The molecule has 16 heavy (non-hydrogen) atoms. The number of benzene rings is 1. The molecule has 0 aromatic heterocycles. The van der Waals surface area contributed by atoms with Gasteiger partial charge in [0.25, 0.3) is 0 Å². The van der Waals surface area contributed by atoms with E-state index in [1.165, 1.54) is 24.8 Å². The monoisotopic (exact) mass is 236 g/mol. The Kier molecular flexibility index (Phi) is 4.73. The van der Waals surface area contributed by atoms with Gasteiger partial charge in [-0.15, -0.1) is 0 Å². The molecule has 0 N–H and O–H groups in total. The summed E-state index contributed by atoms with van der Waals surface area (Å²) in [6.07, 6.45) is 4.07. The first-order valence-electron chi connectivity index (χ1n) is 6.13. The Labute approximate surface area is 104 Å². The van der Waals surface area contributed by atoms with Crippen LogP contribution in [0, 0.1) is 5.92 Å². The highest BCUT2D eigenvalue weighted by Crippen LogP contribution is 2.32. The van der Waals surface area contributed by atoms with Crippen LogP contribution in [-0.4, -0.2) is 19.0 Å². The fourth-order valence-corrected chi connectivity index (χ4v) is 2.18. The van der Waals surface area contributed by atoms with Crippen LogP contribution in [0.5, 0.6) is 0 Å². The van der Waals surface area contributed by atoms with Crippen molar-refractivity contribution in [3.05, 3.63) is 35.9 Å². The third-order valence-electron chi connectivity index (χ3n) is 3.18. The van der Waals surface area contributed by atoms with Crippen molar-refractivity contribution < 1.29 is 4.74 Å². The molecular weight excluding hydrogens is 216 g/mol. The van der Waals surface area contributed by atoms with E-state index in [2.05, 4.69) is 36.9 Å². The van der Waals surface area contributed by atoms with E-state index in [0.717, 1.165) is 24.9 Å². The van der Waals surface area contributed by atoms with Gasteiger partial charge in [0.1, 0.15) is 0 Å². The first kappa shape index (κ1) is 12.0. The second-order valence-corrected chi connectivity index (χ2v) is 4.96. The fraction of sp³-hybridized carbons (Fsp3) is 0.571. The largest absolute Gasteiger partial charge is 0.381 e. The van der Waals surface area contributed by atoms with E-state index in [4.69, 9.17) is 4.74 Å². The molecule has 1 aromatic carbocycles. The zero-order chi connectivity index (χ0) is 11.2. The third kappa shape index (κ3) is 3.84. The summed E-state index contributed by atoms with van der Waals surface area (Å²) in [5.74, 6) is 2.25. The standard InChI is InChI=1S/C14H20OS/c16-11-14(13-4-2-1-3-5-13)10-15-9-8-12-6-7-12/h1-5,12,14,16H,6-11H2. The lowest BCUT2D eigenvalue weighted by Gasteiger charge is -2.15. The van der Waals surface area contributed by atoms with Gasteiger partial charge in [-0.2, -0.15) is 12.6 Å². The lowest BCUT2D eigenvalue weighted by Crippen LogP contribution is -2.10. The SMILES string of the molecule is SCC(COCCC1CC1)c1ccccc1. The summed E-state index contributed by atoms with van der Waals surface area (Å²) < 4.78 is 5.74. The van der Waals surface area contributed by atoms with Crippen LogP contribution in [0.25, 0.3) is 0 Å². The Bertz CT molecular complexity index is 295. The Morgan fingerprint density at radius 2 is 2.00 bits per heavy atom. The van der Waals surface area contributed by atoms with Crippen molar-refractivity contribution in [2.45, 2.75) is 25.2 Å². The smallest absolute Gasteiger partial charge is 0.0542 e. The Hall–Kier alpha value is -0.470. The van der Waals surface area contributed by atoms with Gasteiger partial charge in [-0.3, -0.25) is 0 Å². The maximum atomic E-state index is 5.74. The van der Waals surface area contributed by atoms with Gasteiger partial charge < -0.3 is 4.74 Å². The van der Waals surface area contributed by atoms with E-state index in [-0.39, 0.29) is 0 Å². The second kappa shape index (κ2) is 6.31. The van der Waals surface area contributed by atoms with Gasteiger partial charge in [0.05, 0.1) is 6.61 Å². The molecule has 0 aliphatic heterocycles. The summed E-state index contributed by atoms with van der Waals surface area (Å²) in [6, 6.07) is 10.5. The van der Waals surface area contributed by atoms with Gasteiger partial charge in [0.15, 0.2) is 0 Å². The quantitative estimate of drug-likeness (QED) is 0.563. The molecule has 1 atom stereocenters. The summed E-state index contributed by atoms with van der Waals surface area (Å²) in [4.78, 5) is 0. The minimum Gasteiger partial charge on any atom is -0.381 e. The second-order valence-electron chi connectivity index (χ2n) is 4.60. The first-order chi connectivity index (χ1) is 7.90. The summed E-state index contributed by atoms with van der Waals surface area (Å²) in [6.45, 7) is 1.72. The Balaban J connectivity index is 1.72. The molecule has 1 unspecified atom stereocenters. The van der Waals surface area contributed by atoms with E-state index in [1.54, 1.807) is 0 Å². The molecule has 1 aromatic rings. The molecule has 0 spiro atoms. The number of ether oxygens (including phenoxy) is 1. The van der Waals surface area contributed by atoms with Crippen molar-refractivity contribution >= 4 is 12.6 Å². The van der Waals surface area contributed by atoms with E-state index < -0.39 is 0 Å². The predicted octanol–water partition coefficient (Wildman–Crippen LogP) is 3.52. The molecule has 1 aliphatic rings. The number of hydrogen-bond donors (Lipinski definition) is 1. The molecule has 88 valence electrons. The zero-order valence-electron chi connectivity index (χ0n) is 9.64. The van der Waals surface area contributed by atoms with Crippen LogP contribution in [0.1, 0.15) is 30.7 Å². The van der Waals surface area contributed by atoms with Crippen molar-refractivity contribution in [3.8, 4) is 0 Å². The lowest BCUT2D eigenvalue weighted by molar-refractivity contribution is 0.119. The molecule has 0 amide bonds. The van der Waals surface area contributed by atoms with Crippen LogP contribution in [0.2, 0.25) is 0 Å². The molecule has 0 radical (unpaired) electrons. The maximum Gasteiger partial charge on any atom is 0.0542 e. The molecule has 1 saturated carbocycles. The Morgan fingerprint density at radius 3 is 2.62 bits per heavy atom. The molecule has 1 nitrogen and oxygen atoms in total. The van der Waals surface area contributed by atoms with Crippen LogP contribution in [0.3, 0.4) is 0 Å². The van der Waals surface area contributed by atoms with E-state index in [9.17, 15) is 0 Å². The average molecular weight is 236 g/mol. The van der Waals surface area contributed by atoms with Crippen LogP contribution < -0.4 is 0 Å². The topological polar surface area (TPSA) is 9.23 Å². The van der Waals surface area contributed by atoms with Gasteiger partial charge in [0, 0.05) is 12.5 Å². The number of rotatable bonds is 7. The van der Waals surface area contributed by atoms with Crippen LogP contribution in [0.15, 0.2) is 30.3 Å². The molecule has 1 fully saturated rings. The number of thiol groups is 1. The third-order valence-corrected chi connectivity index (χ3v) is 3.62.